The Kier molecular flexibility index (Phi) is 6.31. The minimum absolute atomic E-state index is 0.00869. The maximum atomic E-state index is 10.6. The van der Waals surface area contributed by atoms with E-state index in [4.69, 9.17) is 19.7 Å². The van der Waals surface area contributed by atoms with Gasteiger partial charge in [0, 0.05) is 0 Å². The third kappa shape index (κ3) is 4.30. The first kappa shape index (κ1) is 22.8. The van der Waals surface area contributed by atoms with Crippen LogP contribution in [0.4, 0.5) is 0 Å². The quantitative estimate of drug-likeness (QED) is 0.261. The van der Waals surface area contributed by atoms with Crippen LogP contribution in [0, 0.1) is 0 Å². The highest BCUT2D eigenvalue weighted by molar-refractivity contribution is 5.94. The van der Waals surface area contributed by atoms with Crippen LogP contribution >= 0.6 is 0 Å². The summed E-state index contributed by atoms with van der Waals surface area (Å²) >= 11 is 0. The fourth-order valence-electron chi connectivity index (χ4n) is 4.69. The molecule has 0 bridgehead atoms. The van der Waals surface area contributed by atoms with Gasteiger partial charge in [0.2, 0.25) is 0 Å². The number of benzene rings is 4. The molecule has 0 aromatic heterocycles. The largest absolute Gasteiger partial charge is 0.504 e. The molecule has 1 aliphatic rings. The molecule has 0 spiro atoms. The Hall–Kier alpha value is -4.00. The Morgan fingerprint density at radius 1 is 0.629 bits per heavy atom. The monoisotopic (exact) mass is 470 g/mol. The third-order valence-electron chi connectivity index (χ3n) is 6.20. The smallest absolute Gasteiger partial charge is 0.161 e. The van der Waals surface area contributed by atoms with E-state index in [0.717, 1.165) is 39.8 Å². The lowest BCUT2D eigenvalue weighted by Gasteiger charge is -2.18. The van der Waals surface area contributed by atoms with Gasteiger partial charge in [-0.25, -0.2) is 0 Å². The second-order valence-corrected chi connectivity index (χ2v) is 8.36. The number of rotatable bonds is 8. The molecule has 4 aromatic carbocycles. The average molecular weight is 471 g/mol. The summed E-state index contributed by atoms with van der Waals surface area (Å²) in [5.41, 5.74) is 8.21. The topological polar surface area (TPSA) is 99.4 Å². The zero-order chi connectivity index (χ0) is 24.4. The van der Waals surface area contributed by atoms with Gasteiger partial charge < -0.3 is 29.9 Å². The molecular formula is C29H26O6. The minimum Gasteiger partial charge on any atom is -0.504 e. The SMILES string of the molecule is OCCOc1ccc(-c2ccc3c(c2-c2ccc(OCCO)c(O)c2)Cc2ccccc2-3)cc1O. The molecule has 0 aliphatic heterocycles. The second kappa shape index (κ2) is 9.70. The van der Waals surface area contributed by atoms with Gasteiger partial charge in [-0.3, -0.25) is 0 Å². The van der Waals surface area contributed by atoms with Crippen LogP contribution in [-0.2, 0) is 6.42 Å². The molecule has 1 aliphatic carbocycles. The summed E-state index contributed by atoms with van der Waals surface area (Å²) in [7, 11) is 0. The number of fused-ring (bicyclic) bond motifs is 3. The van der Waals surface area contributed by atoms with E-state index in [1.165, 1.54) is 11.1 Å². The summed E-state index contributed by atoms with van der Waals surface area (Å²) in [5.74, 6) is 0.594. The van der Waals surface area contributed by atoms with Crippen molar-refractivity contribution in [3.63, 3.8) is 0 Å². The highest BCUT2D eigenvalue weighted by atomic mass is 16.5. The van der Waals surface area contributed by atoms with Crippen molar-refractivity contribution in [3.05, 3.63) is 83.9 Å². The van der Waals surface area contributed by atoms with E-state index in [9.17, 15) is 10.2 Å². The highest BCUT2D eigenvalue weighted by Crippen LogP contribution is 2.47. The third-order valence-corrected chi connectivity index (χ3v) is 6.20. The molecule has 0 saturated carbocycles. The first-order valence-electron chi connectivity index (χ1n) is 11.5. The zero-order valence-electron chi connectivity index (χ0n) is 19.1. The number of hydrogen-bond acceptors (Lipinski definition) is 6. The number of phenols is 2. The van der Waals surface area contributed by atoms with Crippen molar-refractivity contribution in [2.45, 2.75) is 6.42 Å². The van der Waals surface area contributed by atoms with Gasteiger partial charge in [0.05, 0.1) is 13.2 Å². The molecule has 0 heterocycles. The summed E-state index contributed by atoms with van der Waals surface area (Å²) in [6, 6.07) is 22.9. The maximum Gasteiger partial charge on any atom is 0.161 e. The number of ether oxygens (including phenoxy) is 2. The number of aromatic hydroxyl groups is 2. The van der Waals surface area contributed by atoms with Crippen LogP contribution in [-0.4, -0.2) is 46.9 Å². The van der Waals surface area contributed by atoms with Crippen molar-refractivity contribution in [2.75, 3.05) is 26.4 Å². The van der Waals surface area contributed by atoms with Crippen LogP contribution in [0.25, 0.3) is 33.4 Å². The predicted molar refractivity (Wildman–Crippen MR) is 134 cm³/mol. The minimum atomic E-state index is -0.142. The summed E-state index contributed by atoms with van der Waals surface area (Å²) in [5, 5.41) is 39.3. The molecule has 6 nitrogen and oxygen atoms in total. The summed E-state index contributed by atoms with van der Waals surface area (Å²) in [6.07, 6.45) is 0.752. The predicted octanol–water partition coefficient (Wildman–Crippen LogP) is 4.75. The Balaban J connectivity index is 1.66. The van der Waals surface area contributed by atoms with Crippen LogP contribution < -0.4 is 9.47 Å². The van der Waals surface area contributed by atoms with Crippen LogP contribution in [0.1, 0.15) is 11.1 Å². The van der Waals surface area contributed by atoms with Crippen molar-refractivity contribution < 1.29 is 29.9 Å². The van der Waals surface area contributed by atoms with Crippen LogP contribution in [0.5, 0.6) is 23.0 Å². The molecule has 0 saturated heterocycles. The first-order valence-corrected chi connectivity index (χ1v) is 11.5. The first-order chi connectivity index (χ1) is 17.1. The molecule has 0 atom stereocenters. The molecular weight excluding hydrogens is 444 g/mol. The summed E-state index contributed by atoms with van der Waals surface area (Å²) in [6.45, 7) is -0.0903. The molecule has 4 aromatic rings. The van der Waals surface area contributed by atoms with E-state index >= 15 is 0 Å². The van der Waals surface area contributed by atoms with Gasteiger partial charge in [0.15, 0.2) is 23.0 Å². The van der Waals surface area contributed by atoms with E-state index in [2.05, 4.69) is 18.2 Å². The highest BCUT2D eigenvalue weighted by Gasteiger charge is 2.25. The van der Waals surface area contributed by atoms with E-state index in [1.54, 1.807) is 24.3 Å². The number of phenolic OH excluding ortho intramolecular Hbond substituents is 2. The lowest BCUT2D eigenvalue weighted by atomic mass is 9.87. The zero-order valence-corrected chi connectivity index (χ0v) is 19.1. The van der Waals surface area contributed by atoms with Crippen molar-refractivity contribution >= 4 is 0 Å². The van der Waals surface area contributed by atoms with Crippen LogP contribution in [0.2, 0.25) is 0 Å². The normalized spacial score (nSPS) is 11.7. The standard InChI is InChI=1S/C29H26O6/c30-11-13-34-27-9-5-19(16-25(27)32)22-7-8-23-21-4-2-1-3-18(21)15-24(23)29(22)20-6-10-28(26(33)17-20)35-14-12-31/h1-10,16-17,30-33H,11-15H2. The Labute approximate surface area is 203 Å². The van der Waals surface area contributed by atoms with Crippen molar-refractivity contribution in [3.8, 4) is 56.4 Å². The molecule has 6 heteroatoms. The summed E-state index contributed by atoms with van der Waals surface area (Å²) < 4.78 is 10.8. The number of aliphatic hydroxyl groups excluding tert-OH is 2. The fraction of sp³-hybridized carbons (Fsp3) is 0.172. The molecule has 0 radical (unpaired) electrons. The fourth-order valence-corrected chi connectivity index (χ4v) is 4.69. The van der Waals surface area contributed by atoms with Crippen molar-refractivity contribution in [1.82, 2.24) is 0 Å². The molecule has 0 fully saturated rings. The van der Waals surface area contributed by atoms with Gasteiger partial charge in [-0.1, -0.05) is 48.5 Å². The molecule has 0 unspecified atom stereocenters. The molecule has 35 heavy (non-hydrogen) atoms. The lowest BCUT2D eigenvalue weighted by Crippen LogP contribution is -2.02. The molecule has 4 N–H and O–H groups in total. The Bertz CT molecular complexity index is 1380. The maximum absolute atomic E-state index is 10.6. The average Bonchev–Trinajstić information content (AvgIpc) is 3.25. The van der Waals surface area contributed by atoms with Crippen molar-refractivity contribution in [2.24, 2.45) is 0 Å². The van der Waals surface area contributed by atoms with E-state index in [1.807, 2.05) is 30.3 Å². The van der Waals surface area contributed by atoms with E-state index < -0.39 is 0 Å². The van der Waals surface area contributed by atoms with Crippen molar-refractivity contribution in [1.29, 1.82) is 0 Å². The van der Waals surface area contributed by atoms with Gasteiger partial charge in [0.1, 0.15) is 13.2 Å². The van der Waals surface area contributed by atoms with Gasteiger partial charge >= 0.3 is 0 Å². The van der Waals surface area contributed by atoms with Crippen LogP contribution in [0.3, 0.4) is 0 Å². The molecule has 5 rings (SSSR count). The van der Waals surface area contributed by atoms with Crippen LogP contribution in [0.15, 0.2) is 72.8 Å². The van der Waals surface area contributed by atoms with Gasteiger partial charge in [0.25, 0.3) is 0 Å². The van der Waals surface area contributed by atoms with Gasteiger partial charge in [-0.15, -0.1) is 0 Å². The Morgan fingerprint density at radius 2 is 1.23 bits per heavy atom. The molecule has 0 amide bonds. The van der Waals surface area contributed by atoms with Gasteiger partial charge in [-0.05, 0) is 75.2 Å². The Morgan fingerprint density at radius 3 is 1.89 bits per heavy atom. The van der Waals surface area contributed by atoms with E-state index in [0.29, 0.717) is 11.5 Å². The number of hydrogen-bond donors (Lipinski definition) is 4. The number of aliphatic hydroxyl groups is 2. The van der Waals surface area contributed by atoms with E-state index in [-0.39, 0.29) is 37.9 Å². The van der Waals surface area contributed by atoms with Gasteiger partial charge in [-0.2, -0.15) is 0 Å². The lowest BCUT2D eigenvalue weighted by molar-refractivity contribution is 0.197. The molecule has 178 valence electrons. The second-order valence-electron chi connectivity index (χ2n) is 8.36. The summed E-state index contributed by atoms with van der Waals surface area (Å²) in [4.78, 5) is 0.